The molecule has 2 aromatic rings. The van der Waals surface area contributed by atoms with Gasteiger partial charge in [-0.3, -0.25) is 9.89 Å². The third-order valence-electron chi connectivity index (χ3n) is 5.28. The molecule has 1 saturated heterocycles. The van der Waals surface area contributed by atoms with Crippen molar-refractivity contribution in [1.82, 2.24) is 29.8 Å². The van der Waals surface area contributed by atoms with E-state index in [2.05, 4.69) is 25.3 Å². The quantitative estimate of drug-likeness (QED) is 0.298. The van der Waals surface area contributed by atoms with Crippen molar-refractivity contribution in [2.24, 2.45) is 12.0 Å². The highest BCUT2D eigenvalue weighted by atomic mass is 127. The van der Waals surface area contributed by atoms with Gasteiger partial charge >= 0.3 is 6.18 Å². The second kappa shape index (κ2) is 11.3. The van der Waals surface area contributed by atoms with Crippen molar-refractivity contribution >= 4 is 29.9 Å². The SMILES string of the molecule is CCNC(=NCCC(O)(c1nccn1C)C(F)(F)F)N1CCN(Cc2ccon2)CC1.I. The first-order chi connectivity index (χ1) is 14.7. The highest BCUT2D eigenvalue weighted by Gasteiger charge is 2.57. The fourth-order valence-corrected chi connectivity index (χ4v) is 3.56. The van der Waals surface area contributed by atoms with E-state index in [9.17, 15) is 18.3 Å². The van der Waals surface area contributed by atoms with Crippen LogP contribution >= 0.6 is 24.0 Å². The maximum absolute atomic E-state index is 13.7. The molecule has 0 aliphatic carbocycles. The fourth-order valence-electron chi connectivity index (χ4n) is 3.56. The fraction of sp³-hybridized carbons (Fsp3) is 0.632. The molecule has 0 aromatic carbocycles. The summed E-state index contributed by atoms with van der Waals surface area (Å²) in [4.78, 5) is 12.3. The normalized spacial score (nSPS) is 17.7. The number of aromatic nitrogens is 3. The smallest absolute Gasteiger partial charge is 0.374 e. The van der Waals surface area contributed by atoms with E-state index in [-0.39, 0.29) is 30.5 Å². The van der Waals surface area contributed by atoms with Crippen LogP contribution in [0.1, 0.15) is 24.9 Å². The molecule has 2 aromatic heterocycles. The second-order valence-corrected chi connectivity index (χ2v) is 7.46. The minimum Gasteiger partial charge on any atom is -0.374 e. The average molecular weight is 571 g/mol. The number of piperazine rings is 1. The van der Waals surface area contributed by atoms with Gasteiger partial charge in [0.15, 0.2) is 5.96 Å². The summed E-state index contributed by atoms with van der Waals surface area (Å²) in [6, 6.07) is 1.82. The highest BCUT2D eigenvalue weighted by molar-refractivity contribution is 14.0. The Morgan fingerprint density at radius 3 is 2.53 bits per heavy atom. The topological polar surface area (TPSA) is 95.0 Å². The van der Waals surface area contributed by atoms with E-state index in [4.69, 9.17) is 4.52 Å². The van der Waals surface area contributed by atoms with Gasteiger partial charge in [0.2, 0.25) is 5.60 Å². The van der Waals surface area contributed by atoms with Gasteiger partial charge in [0.1, 0.15) is 12.1 Å². The van der Waals surface area contributed by atoms with E-state index in [0.29, 0.717) is 32.1 Å². The van der Waals surface area contributed by atoms with Crippen molar-refractivity contribution in [3.63, 3.8) is 0 Å². The maximum atomic E-state index is 13.7. The van der Waals surface area contributed by atoms with Gasteiger partial charge in [-0.2, -0.15) is 13.2 Å². The summed E-state index contributed by atoms with van der Waals surface area (Å²) in [5, 5.41) is 17.5. The molecular weight excluding hydrogens is 542 g/mol. The zero-order valence-electron chi connectivity index (χ0n) is 18.0. The first-order valence-corrected chi connectivity index (χ1v) is 10.2. The number of alkyl halides is 3. The molecule has 9 nitrogen and oxygen atoms in total. The van der Waals surface area contributed by atoms with Gasteiger partial charge in [-0.1, -0.05) is 5.16 Å². The molecule has 1 aliphatic heterocycles. The molecule has 0 saturated carbocycles. The standard InChI is InChI=1S/C19H28F3N7O2.HI/c1-3-23-17(29-11-9-28(10-12-29)14-15-4-13-31-26-15)25-6-5-18(30,19(20,21)22)16-24-7-8-27(16)2;/h4,7-8,13,30H,3,5-6,9-12,14H2,1-2H3,(H,23,25);1H. The number of aliphatic hydroxyl groups is 1. The molecule has 3 rings (SSSR count). The van der Waals surface area contributed by atoms with Crippen molar-refractivity contribution in [3.8, 4) is 0 Å². The molecule has 1 unspecified atom stereocenters. The summed E-state index contributed by atoms with van der Waals surface area (Å²) in [6.45, 7) is 5.83. The van der Waals surface area contributed by atoms with Crippen LogP contribution in [0.3, 0.4) is 0 Å². The molecule has 1 atom stereocenters. The number of nitrogens with one attached hydrogen (secondary N) is 1. The van der Waals surface area contributed by atoms with Gasteiger partial charge < -0.3 is 24.4 Å². The molecule has 1 aliphatic rings. The predicted molar refractivity (Wildman–Crippen MR) is 123 cm³/mol. The van der Waals surface area contributed by atoms with E-state index >= 15 is 0 Å². The molecule has 32 heavy (non-hydrogen) atoms. The minimum atomic E-state index is -4.87. The van der Waals surface area contributed by atoms with Crippen molar-refractivity contribution in [3.05, 3.63) is 36.2 Å². The third-order valence-corrected chi connectivity index (χ3v) is 5.28. The number of imidazole rings is 1. The van der Waals surface area contributed by atoms with Crippen LogP contribution in [-0.2, 0) is 19.2 Å². The Hall–Kier alpha value is -1.87. The molecule has 0 amide bonds. The van der Waals surface area contributed by atoms with E-state index in [1.807, 2.05) is 17.9 Å². The second-order valence-electron chi connectivity index (χ2n) is 7.46. The molecular formula is C19H29F3IN7O2. The number of aliphatic imine (C=N–C) groups is 1. The van der Waals surface area contributed by atoms with Crippen LogP contribution in [0.25, 0.3) is 0 Å². The van der Waals surface area contributed by atoms with Gasteiger partial charge in [-0.25, -0.2) is 4.98 Å². The zero-order valence-corrected chi connectivity index (χ0v) is 20.4. The number of halogens is 4. The Balaban J connectivity index is 0.00000363. The zero-order chi connectivity index (χ0) is 22.5. The molecule has 0 bridgehead atoms. The van der Waals surface area contributed by atoms with Crippen LogP contribution in [0.15, 0.2) is 34.2 Å². The van der Waals surface area contributed by atoms with Gasteiger partial charge in [-0.05, 0) is 6.92 Å². The summed E-state index contributed by atoms with van der Waals surface area (Å²) < 4.78 is 47.1. The molecule has 2 N–H and O–H groups in total. The lowest BCUT2D eigenvalue weighted by molar-refractivity contribution is -0.272. The van der Waals surface area contributed by atoms with Crippen LogP contribution in [0.2, 0.25) is 0 Å². The maximum Gasteiger partial charge on any atom is 0.424 e. The monoisotopic (exact) mass is 571 g/mol. The van der Waals surface area contributed by atoms with E-state index in [0.717, 1.165) is 18.8 Å². The van der Waals surface area contributed by atoms with Gasteiger partial charge in [0.25, 0.3) is 0 Å². The lowest BCUT2D eigenvalue weighted by Gasteiger charge is -2.36. The summed E-state index contributed by atoms with van der Waals surface area (Å²) >= 11 is 0. The number of hydrogen-bond acceptors (Lipinski definition) is 6. The van der Waals surface area contributed by atoms with Gasteiger partial charge in [0.05, 0.1) is 5.69 Å². The first-order valence-electron chi connectivity index (χ1n) is 10.2. The van der Waals surface area contributed by atoms with Gasteiger partial charge in [-0.15, -0.1) is 24.0 Å². The molecule has 0 radical (unpaired) electrons. The number of rotatable bonds is 7. The molecule has 3 heterocycles. The highest BCUT2D eigenvalue weighted by Crippen LogP contribution is 2.40. The predicted octanol–water partition coefficient (Wildman–Crippen LogP) is 1.95. The van der Waals surface area contributed by atoms with Crippen molar-refractivity contribution in [1.29, 1.82) is 0 Å². The van der Waals surface area contributed by atoms with Crippen LogP contribution in [0, 0.1) is 0 Å². The van der Waals surface area contributed by atoms with Crippen LogP contribution < -0.4 is 5.32 Å². The largest absolute Gasteiger partial charge is 0.424 e. The summed E-state index contributed by atoms with van der Waals surface area (Å²) in [5.41, 5.74) is -2.21. The summed E-state index contributed by atoms with van der Waals surface area (Å²) in [5.74, 6) is 0.0922. The Labute approximate surface area is 201 Å². The van der Waals surface area contributed by atoms with E-state index < -0.39 is 24.0 Å². The van der Waals surface area contributed by atoms with Crippen molar-refractivity contribution in [2.45, 2.75) is 31.7 Å². The average Bonchev–Trinajstić information content (AvgIpc) is 3.39. The summed E-state index contributed by atoms with van der Waals surface area (Å²) in [7, 11) is 1.42. The van der Waals surface area contributed by atoms with Crippen molar-refractivity contribution < 1.29 is 22.8 Å². The molecule has 0 spiro atoms. The Bertz CT molecular complexity index is 851. The van der Waals surface area contributed by atoms with Crippen LogP contribution in [0.5, 0.6) is 0 Å². The van der Waals surface area contributed by atoms with Crippen LogP contribution in [-0.4, -0.2) is 81.0 Å². The number of guanidine groups is 1. The Kier molecular flexibility index (Phi) is 9.33. The summed E-state index contributed by atoms with van der Waals surface area (Å²) in [6.07, 6.45) is -1.35. The number of aryl methyl sites for hydroxylation is 1. The first kappa shape index (κ1) is 26.4. The molecule has 1 fully saturated rings. The minimum absolute atomic E-state index is 0. The van der Waals surface area contributed by atoms with Crippen LogP contribution in [0.4, 0.5) is 13.2 Å². The Morgan fingerprint density at radius 1 is 1.28 bits per heavy atom. The lowest BCUT2D eigenvalue weighted by atomic mass is 9.98. The molecule has 13 heteroatoms. The molecule has 180 valence electrons. The van der Waals surface area contributed by atoms with Gasteiger partial charge in [0, 0.05) is 77.7 Å². The third kappa shape index (κ3) is 6.13. The van der Waals surface area contributed by atoms with E-state index in [1.165, 1.54) is 30.3 Å². The lowest BCUT2D eigenvalue weighted by Crippen LogP contribution is -2.52. The Morgan fingerprint density at radius 2 is 2.00 bits per heavy atom. The van der Waals surface area contributed by atoms with E-state index in [1.54, 1.807) is 0 Å². The van der Waals surface area contributed by atoms with Crippen molar-refractivity contribution in [2.75, 3.05) is 39.3 Å². The number of nitrogens with zero attached hydrogens (tertiary/aromatic N) is 6. The number of hydrogen-bond donors (Lipinski definition) is 2.